The number of aliphatic imine (C=N–C) groups is 1. The van der Waals surface area contributed by atoms with E-state index < -0.39 is 17.0 Å². The van der Waals surface area contributed by atoms with Crippen molar-refractivity contribution in [2.45, 2.75) is 31.8 Å². The van der Waals surface area contributed by atoms with Crippen molar-refractivity contribution in [2.75, 3.05) is 47.4 Å². The summed E-state index contributed by atoms with van der Waals surface area (Å²) in [5, 5.41) is 28.9. The zero-order valence-electron chi connectivity index (χ0n) is 20.5. The molecule has 7 unspecified atom stereocenters. The Kier molecular flexibility index (Phi) is 5.58. The number of ether oxygens (including phenoxy) is 1. The normalized spacial score (nSPS) is 43.3. The third kappa shape index (κ3) is 2.84. The van der Waals surface area contributed by atoms with Gasteiger partial charge in [-0.1, -0.05) is 24.8 Å². The molecular weight excluding hydrogens is 432 g/mol. The molecule has 34 heavy (non-hydrogen) atoms. The van der Waals surface area contributed by atoms with Crippen LogP contribution in [0.25, 0.3) is 0 Å². The third-order valence-electron chi connectivity index (χ3n) is 9.45. The van der Waals surface area contributed by atoms with E-state index in [1.165, 1.54) is 7.11 Å². The molecule has 5 aliphatic rings. The number of carboxylic acid groups (broad SMARTS) is 1. The van der Waals surface area contributed by atoms with Crippen molar-refractivity contribution in [3.8, 4) is 11.8 Å². The van der Waals surface area contributed by atoms with Crippen LogP contribution in [-0.4, -0.2) is 80.1 Å². The molecule has 0 radical (unpaired) electrons. The lowest BCUT2D eigenvalue weighted by Gasteiger charge is -2.62. The predicted molar refractivity (Wildman–Crippen MR) is 129 cm³/mol. The smallest absolute Gasteiger partial charge is 0.334 e. The minimum Gasteiger partial charge on any atom is -0.478 e. The Morgan fingerprint density at radius 2 is 2.26 bits per heavy atom. The van der Waals surface area contributed by atoms with Crippen LogP contribution in [0.5, 0.6) is 0 Å². The van der Waals surface area contributed by atoms with Gasteiger partial charge in [0.15, 0.2) is 5.96 Å². The lowest BCUT2D eigenvalue weighted by Crippen LogP contribution is -2.64. The van der Waals surface area contributed by atoms with Gasteiger partial charge in [-0.05, 0) is 49.6 Å². The van der Waals surface area contributed by atoms with Crippen molar-refractivity contribution in [3.05, 3.63) is 23.4 Å². The first-order valence-corrected chi connectivity index (χ1v) is 12.3. The summed E-state index contributed by atoms with van der Waals surface area (Å²) in [4.78, 5) is 19.4. The summed E-state index contributed by atoms with van der Waals surface area (Å²) in [6.07, 6.45) is 6.31. The highest BCUT2D eigenvalue weighted by atomic mass is 16.5. The average molecular weight is 469 g/mol. The molecule has 3 aliphatic carbocycles. The van der Waals surface area contributed by atoms with E-state index in [4.69, 9.17) is 4.74 Å². The van der Waals surface area contributed by atoms with E-state index in [1.54, 1.807) is 7.05 Å². The monoisotopic (exact) mass is 468 g/mol. The number of aliphatic carboxylic acids is 1. The topological polar surface area (TPSA) is 106 Å². The van der Waals surface area contributed by atoms with Crippen LogP contribution in [0, 0.1) is 46.3 Å². The number of aliphatic hydroxyl groups is 1. The maximum Gasteiger partial charge on any atom is 0.334 e. The minimum absolute atomic E-state index is 0.0178. The highest BCUT2D eigenvalue weighted by Gasteiger charge is 2.76. The van der Waals surface area contributed by atoms with E-state index in [0.717, 1.165) is 24.5 Å². The van der Waals surface area contributed by atoms with Crippen LogP contribution in [0.3, 0.4) is 0 Å². The second-order valence-electron chi connectivity index (χ2n) is 10.7. The molecule has 2 fully saturated rings. The number of carboxylic acids is 1. The Morgan fingerprint density at radius 3 is 2.94 bits per heavy atom. The second-order valence-corrected chi connectivity index (χ2v) is 10.7. The number of nitrogens with one attached hydrogen (secondary N) is 2. The molecule has 184 valence electrons. The largest absolute Gasteiger partial charge is 0.478 e. The zero-order chi connectivity index (χ0) is 24.3. The molecule has 8 heteroatoms. The van der Waals surface area contributed by atoms with Crippen molar-refractivity contribution >= 4 is 11.9 Å². The molecule has 0 aromatic heterocycles. The summed E-state index contributed by atoms with van der Waals surface area (Å²) in [5.41, 5.74) is -1.17. The van der Waals surface area contributed by atoms with Crippen LogP contribution in [-0.2, 0) is 9.53 Å². The fourth-order valence-corrected chi connectivity index (χ4v) is 8.58. The maximum absolute atomic E-state index is 12.7. The van der Waals surface area contributed by atoms with Gasteiger partial charge in [0.1, 0.15) is 5.60 Å². The SMILES string of the molecule is CN=C1NCC#CC2CC(C)C34CC(O)(COC)C(C(=O)O)=C3CC2C42CN1C=CC2CNC. The van der Waals surface area contributed by atoms with Gasteiger partial charge in [-0.25, -0.2) is 4.79 Å². The Balaban J connectivity index is 1.81. The molecule has 0 aromatic carbocycles. The first-order valence-electron chi connectivity index (χ1n) is 12.3. The minimum atomic E-state index is -1.51. The number of methoxy groups -OCH3 is 1. The Bertz CT molecular complexity index is 1040. The van der Waals surface area contributed by atoms with Gasteiger partial charge in [-0.15, -0.1) is 0 Å². The van der Waals surface area contributed by atoms with Crippen LogP contribution in [0.2, 0.25) is 0 Å². The summed E-state index contributed by atoms with van der Waals surface area (Å²) in [5.74, 6) is 7.37. The molecule has 2 spiro atoms. The van der Waals surface area contributed by atoms with Crippen LogP contribution in [0.15, 0.2) is 28.4 Å². The lowest BCUT2D eigenvalue weighted by atomic mass is 9.44. The van der Waals surface area contributed by atoms with Gasteiger partial charge in [0.25, 0.3) is 0 Å². The molecule has 2 saturated carbocycles. The molecule has 0 saturated heterocycles. The number of hydrogen-bond donors (Lipinski definition) is 4. The van der Waals surface area contributed by atoms with E-state index in [2.05, 4.69) is 51.6 Å². The third-order valence-corrected chi connectivity index (χ3v) is 9.45. The van der Waals surface area contributed by atoms with Crippen molar-refractivity contribution in [3.63, 3.8) is 0 Å². The van der Waals surface area contributed by atoms with Gasteiger partial charge in [0.05, 0.1) is 18.7 Å². The summed E-state index contributed by atoms with van der Waals surface area (Å²) in [7, 11) is 5.27. The van der Waals surface area contributed by atoms with E-state index in [-0.39, 0.29) is 41.3 Å². The number of carbonyl (C=O) groups is 1. The summed E-state index contributed by atoms with van der Waals surface area (Å²) < 4.78 is 5.40. The number of allylic oxidation sites excluding steroid dienone is 1. The Morgan fingerprint density at radius 1 is 1.47 bits per heavy atom. The van der Waals surface area contributed by atoms with Crippen LogP contribution >= 0.6 is 0 Å². The number of rotatable bonds is 5. The molecular formula is C26H36N4O4. The molecule has 7 atom stereocenters. The standard InChI is InChI=1S/C26H36N4O4/c1-16-10-17-6-5-8-29-23(28-3)30-9-7-18(12-27-2)26(14-30)19(17)11-20-21(22(31)32)24(33,15-34-4)13-25(16,20)26/h7,9,16-19,27,33H,8,10-15H2,1-4H3,(H,28,29)(H,31,32). The molecule has 5 bridgehead atoms. The first kappa shape index (κ1) is 23.4. The fourth-order valence-electron chi connectivity index (χ4n) is 8.58. The van der Waals surface area contributed by atoms with Gasteiger partial charge < -0.3 is 30.5 Å². The molecule has 2 heterocycles. The molecule has 8 nitrogen and oxygen atoms in total. The van der Waals surface area contributed by atoms with Crippen molar-refractivity contribution < 1.29 is 19.7 Å². The van der Waals surface area contributed by atoms with Gasteiger partial charge in [-0.2, -0.15) is 0 Å². The van der Waals surface area contributed by atoms with E-state index in [0.29, 0.717) is 25.9 Å². The summed E-state index contributed by atoms with van der Waals surface area (Å²) >= 11 is 0. The van der Waals surface area contributed by atoms with Crippen LogP contribution in [0.4, 0.5) is 0 Å². The molecule has 4 N–H and O–H groups in total. The van der Waals surface area contributed by atoms with E-state index in [1.807, 2.05) is 7.05 Å². The van der Waals surface area contributed by atoms with E-state index >= 15 is 0 Å². The lowest BCUT2D eigenvalue weighted by molar-refractivity contribution is -0.140. The second kappa shape index (κ2) is 8.11. The molecule has 0 amide bonds. The molecule has 0 aromatic rings. The van der Waals surface area contributed by atoms with Gasteiger partial charge in [-0.3, -0.25) is 4.99 Å². The average Bonchev–Trinajstić information content (AvgIpc) is 3.15. The predicted octanol–water partition coefficient (Wildman–Crippen LogP) is 1.05. The highest BCUT2D eigenvalue weighted by molar-refractivity contribution is 5.92. The number of fused-ring (bicyclic) bond motifs is 1. The molecule has 5 rings (SSSR count). The number of hydrogen-bond acceptors (Lipinski definition) is 5. The zero-order valence-corrected chi connectivity index (χ0v) is 20.5. The highest BCUT2D eigenvalue weighted by Crippen LogP contribution is 2.78. The van der Waals surface area contributed by atoms with Crippen molar-refractivity contribution in [2.24, 2.45) is 39.5 Å². The summed E-state index contributed by atoms with van der Waals surface area (Å²) in [6, 6.07) is 0. The van der Waals surface area contributed by atoms with Crippen molar-refractivity contribution in [1.29, 1.82) is 0 Å². The van der Waals surface area contributed by atoms with Crippen molar-refractivity contribution in [1.82, 2.24) is 15.5 Å². The first-order chi connectivity index (χ1) is 16.3. The van der Waals surface area contributed by atoms with E-state index in [9.17, 15) is 15.0 Å². The Labute approximate surface area is 201 Å². The van der Waals surface area contributed by atoms with Crippen LogP contribution < -0.4 is 10.6 Å². The fraction of sp³-hybridized carbons (Fsp3) is 0.692. The maximum atomic E-state index is 12.7. The van der Waals surface area contributed by atoms with Gasteiger partial charge >= 0.3 is 5.97 Å². The van der Waals surface area contributed by atoms with Gasteiger partial charge in [0, 0.05) is 50.2 Å². The number of nitrogens with zero attached hydrogens (tertiary/aromatic N) is 2. The Hall–Kier alpha value is -2.34. The number of guanidine groups is 1. The van der Waals surface area contributed by atoms with Crippen LogP contribution in [0.1, 0.15) is 26.2 Å². The molecule has 2 aliphatic heterocycles. The van der Waals surface area contributed by atoms with Gasteiger partial charge in [0.2, 0.25) is 0 Å². The summed E-state index contributed by atoms with van der Waals surface area (Å²) in [6.45, 7) is 4.25. The quantitative estimate of drug-likeness (QED) is 0.447.